The van der Waals surface area contributed by atoms with E-state index in [1.165, 1.54) is 0 Å². The monoisotopic (exact) mass is 300 g/mol. The summed E-state index contributed by atoms with van der Waals surface area (Å²) in [5, 5.41) is 8.56. The third kappa shape index (κ3) is 5.08. The fourth-order valence-corrected chi connectivity index (χ4v) is 2.72. The maximum atomic E-state index is 11.9. The van der Waals surface area contributed by atoms with Crippen LogP contribution in [0.15, 0.2) is 64.4 Å². The molecular weight excluding hydrogens is 284 g/mol. The highest BCUT2D eigenvalue weighted by Crippen LogP contribution is 2.27. The van der Waals surface area contributed by atoms with Crippen molar-refractivity contribution in [3.8, 4) is 0 Å². The first-order valence-electron chi connectivity index (χ1n) is 6.73. The lowest BCUT2D eigenvalue weighted by atomic mass is 10.1. The van der Waals surface area contributed by atoms with E-state index in [0.717, 1.165) is 9.79 Å². The predicted molar refractivity (Wildman–Crippen MR) is 82.8 cm³/mol. The van der Waals surface area contributed by atoms with Crippen molar-refractivity contribution in [3.63, 3.8) is 0 Å². The minimum absolute atomic E-state index is 0.00693. The van der Waals surface area contributed by atoms with Gasteiger partial charge < -0.3 is 5.11 Å². The van der Waals surface area contributed by atoms with Crippen LogP contribution in [0.3, 0.4) is 0 Å². The Balaban J connectivity index is 1.92. The molecule has 4 heteroatoms. The number of benzene rings is 2. The molecule has 2 aromatic carbocycles. The van der Waals surface area contributed by atoms with Crippen LogP contribution in [-0.4, -0.2) is 16.9 Å². The molecule has 1 N–H and O–H groups in total. The Morgan fingerprint density at radius 2 is 1.48 bits per heavy atom. The van der Waals surface area contributed by atoms with Crippen molar-refractivity contribution in [3.05, 3.63) is 60.2 Å². The van der Waals surface area contributed by atoms with E-state index in [4.69, 9.17) is 5.11 Å². The topological polar surface area (TPSA) is 54.4 Å². The molecule has 0 unspecified atom stereocenters. The van der Waals surface area contributed by atoms with Gasteiger partial charge in [-0.25, -0.2) is 0 Å². The fourth-order valence-electron chi connectivity index (χ4n) is 1.88. The van der Waals surface area contributed by atoms with Crippen molar-refractivity contribution in [1.29, 1.82) is 0 Å². The Morgan fingerprint density at radius 1 is 0.857 bits per heavy atom. The predicted octanol–water partition coefficient (Wildman–Crippen LogP) is 4.28. The van der Waals surface area contributed by atoms with E-state index in [9.17, 15) is 9.59 Å². The van der Waals surface area contributed by atoms with Gasteiger partial charge in [-0.05, 0) is 30.7 Å². The number of hydrogen-bond donors (Lipinski definition) is 1. The van der Waals surface area contributed by atoms with Gasteiger partial charge in [0.15, 0.2) is 5.78 Å². The molecule has 0 aromatic heterocycles. The van der Waals surface area contributed by atoms with E-state index in [1.807, 2.05) is 42.5 Å². The van der Waals surface area contributed by atoms with Crippen LogP contribution < -0.4 is 0 Å². The van der Waals surface area contributed by atoms with Gasteiger partial charge >= 0.3 is 5.97 Å². The minimum Gasteiger partial charge on any atom is -0.481 e. The van der Waals surface area contributed by atoms with Gasteiger partial charge in [0, 0.05) is 28.2 Å². The zero-order chi connectivity index (χ0) is 15.1. The molecule has 0 heterocycles. The normalized spacial score (nSPS) is 10.3. The first kappa shape index (κ1) is 15.3. The van der Waals surface area contributed by atoms with Gasteiger partial charge in [0.25, 0.3) is 0 Å². The number of Topliss-reactive ketones (excluding diaryl/α,β-unsaturated/α-hetero) is 1. The Hall–Kier alpha value is -2.07. The zero-order valence-corrected chi connectivity index (χ0v) is 12.3. The number of carbonyl (C=O) groups excluding carboxylic acids is 1. The van der Waals surface area contributed by atoms with Crippen molar-refractivity contribution in [2.45, 2.75) is 29.1 Å². The summed E-state index contributed by atoms with van der Waals surface area (Å²) in [5.41, 5.74) is 0.637. The van der Waals surface area contributed by atoms with E-state index >= 15 is 0 Å². The van der Waals surface area contributed by atoms with Crippen LogP contribution >= 0.6 is 11.8 Å². The molecule has 0 aliphatic heterocycles. The minimum atomic E-state index is -0.864. The van der Waals surface area contributed by atoms with Crippen LogP contribution in [0.5, 0.6) is 0 Å². The van der Waals surface area contributed by atoms with Gasteiger partial charge in [-0.15, -0.1) is 0 Å². The Morgan fingerprint density at radius 3 is 2.10 bits per heavy atom. The largest absolute Gasteiger partial charge is 0.481 e. The molecule has 2 rings (SSSR count). The highest BCUT2D eigenvalue weighted by Gasteiger charge is 2.07. The zero-order valence-electron chi connectivity index (χ0n) is 11.5. The summed E-state index contributed by atoms with van der Waals surface area (Å²) in [5.74, 6) is -0.870. The number of ketones is 1. The summed E-state index contributed by atoms with van der Waals surface area (Å²) in [4.78, 5) is 24.5. The van der Waals surface area contributed by atoms with E-state index in [-0.39, 0.29) is 18.6 Å². The molecule has 0 bridgehead atoms. The lowest BCUT2D eigenvalue weighted by molar-refractivity contribution is -0.137. The maximum Gasteiger partial charge on any atom is 0.303 e. The second-order valence-electron chi connectivity index (χ2n) is 4.61. The molecule has 2 aromatic rings. The van der Waals surface area contributed by atoms with Crippen molar-refractivity contribution in [2.75, 3.05) is 0 Å². The molecule has 0 amide bonds. The molecule has 0 aliphatic rings. The second-order valence-corrected chi connectivity index (χ2v) is 5.76. The van der Waals surface area contributed by atoms with Gasteiger partial charge in [-0.1, -0.05) is 42.1 Å². The van der Waals surface area contributed by atoms with Crippen LogP contribution in [0.25, 0.3) is 0 Å². The number of carboxylic acid groups (broad SMARTS) is 1. The number of rotatable bonds is 7. The number of hydrogen-bond acceptors (Lipinski definition) is 3. The van der Waals surface area contributed by atoms with Crippen LogP contribution in [0.4, 0.5) is 0 Å². The van der Waals surface area contributed by atoms with Gasteiger partial charge in [0.2, 0.25) is 0 Å². The fraction of sp³-hybridized carbons (Fsp3) is 0.176. The van der Waals surface area contributed by atoms with E-state index in [1.54, 1.807) is 23.9 Å². The number of carboxylic acids is 1. The van der Waals surface area contributed by atoms with Crippen LogP contribution in [0.2, 0.25) is 0 Å². The van der Waals surface area contributed by atoms with Gasteiger partial charge in [0.05, 0.1) is 0 Å². The van der Waals surface area contributed by atoms with Gasteiger partial charge in [-0.3, -0.25) is 9.59 Å². The average Bonchev–Trinajstić information content (AvgIpc) is 2.48. The summed E-state index contributed by atoms with van der Waals surface area (Å²) < 4.78 is 0. The smallest absolute Gasteiger partial charge is 0.303 e. The SMILES string of the molecule is O=C(O)CCCC(=O)c1ccc(Sc2ccccc2)cc1. The van der Waals surface area contributed by atoms with Crippen LogP contribution in [-0.2, 0) is 4.79 Å². The van der Waals surface area contributed by atoms with Crippen molar-refractivity contribution >= 4 is 23.5 Å². The third-order valence-corrected chi connectivity index (χ3v) is 3.97. The molecule has 0 saturated carbocycles. The van der Waals surface area contributed by atoms with Crippen molar-refractivity contribution in [2.24, 2.45) is 0 Å². The quantitative estimate of drug-likeness (QED) is 0.776. The summed E-state index contributed by atoms with van der Waals surface area (Å²) in [6, 6.07) is 17.5. The van der Waals surface area contributed by atoms with E-state index in [2.05, 4.69) is 0 Å². The Kier molecular flexibility index (Phi) is 5.58. The summed E-state index contributed by atoms with van der Waals surface area (Å²) >= 11 is 1.64. The molecule has 0 spiro atoms. The molecule has 108 valence electrons. The lowest BCUT2D eigenvalue weighted by Gasteiger charge is -2.04. The molecule has 21 heavy (non-hydrogen) atoms. The molecule has 0 radical (unpaired) electrons. The summed E-state index contributed by atoms with van der Waals surface area (Å²) in [6.45, 7) is 0. The maximum absolute atomic E-state index is 11.9. The van der Waals surface area contributed by atoms with Crippen LogP contribution in [0.1, 0.15) is 29.6 Å². The van der Waals surface area contributed by atoms with Crippen LogP contribution in [0, 0.1) is 0 Å². The first-order valence-corrected chi connectivity index (χ1v) is 7.55. The summed E-state index contributed by atoms with van der Waals surface area (Å²) in [7, 11) is 0. The number of aliphatic carboxylic acids is 1. The standard InChI is InChI=1S/C17H16O3S/c18-16(7-4-8-17(19)20)13-9-11-15(12-10-13)21-14-5-2-1-3-6-14/h1-3,5-6,9-12H,4,7-8H2,(H,19,20). The molecule has 0 saturated heterocycles. The Bertz CT molecular complexity index is 606. The molecule has 0 fully saturated rings. The molecular formula is C17H16O3S. The number of carbonyl (C=O) groups is 2. The highest BCUT2D eigenvalue weighted by atomic mass is 32.2. The van der Waals surface area contributed by atoms with Crippen molar-refractivity contribution < 1.29 is 14.7 Å². The molecule has 3 nitrogen and oxygen atoms in total. The Labute approximate surface area is 128 Å². The highest BCUT2D eigenvalue weighted by molar-refractivity contribution is 7.99. The average molecular weight is 300 g/mol. The lowest BCUT2D eigenvalue weighted by Crippen LogP contribution is -2.01. The third-order valence-electron chi connectivity index (χ3n) is 2.95. The molecule has 0 atom stereocenters. The second kappa shape index (κ2) is 7.64. The van der Waals surface area contributed by atoms with Gasteiger partial charge in [0.1, 0.15) is 0 Å². The van der Waals surface area contributed by atoms with E-state index in [0.29, 0.717) is 12.0 Å². The van der Waals surface area contributed by atoms with Gasteiger partial charge in [-0.2, -0.15) is 0 Å². The first-order chi connectivity index (χ1) is 10.1. The van der Waals surface area contributed by atoms with E-state index < -0.39 is 5.97 Å². The van der Waals surface area contributed by atoms with Crippen molar-refractivity contribution in [1.82, 2.24) is 0 Å². The molecule has 0 aliphatic carbocycles. The summed E-state index contributed by atoms with van der Waals surface area (Å²) in [6.07, 6.45) is 0.694.